The fraction of sp³-hybridized carbons (Fsp3) is 0.143. The molecule has 2 heterocycles. The maximum absolute atomic E-state index is 9.14. The number of rotatable bonds is 1. The molecular weight excluding hydrogens is 238 g/mol. The van der Waals surface area contributed by atoms with Crippen LogP contribution in [0.5, 0.6) is 0 Å². The van der Waals surface area contributed by atoms with Gasteiger partial charge < -0.3 is 0 Å². The zero-order chi connectivity index (χ0) is 13.4. The summed E-state index contributed by atoms with van der Waals surface area (Å²) in [5, 5.41) is 9.14. The van der Waals surface area contributed by atoms with E-state index in [0.29, 0.717) is 22.7 Å². The minimum Gasteiger partial charge on any atom is -0.281 e. The van der Waals surface area contributed by atoms with Gasteiger partial charge in [-0.2, -0.15) is 5.26 Å². The predicted molar refractivity (Wildman–Crippen MR) is 70.8 cm³/mol. The summed E-state index contributed by atoms with van der Waals surface area (Å²) >= 11 is 0. The Hall–Kier alpha value is -2.74. The summed E-state index contributed by atoms with van der Waals surface area (Å²) in [6, 6.07) is 11.9. The highest BCUT2D eigenvalue weighted by Crippen LogP contribution is 2.21. The number of nitriles is 1. The Morgan fingerprint density at radius 3 is 2.47 bits per heavy atom. The lowest BCUT2D eigenvalue weighted by molar-refractivity contribution is 0.974. The monoisotopic (exact) mass is 249 g/mol. The van der Waals surface area contributed by atoms with Gasteiger partial charge in [-0.05, 0) is 26.0 Å². The molecule has 3 rings (SSSR count). The lowest BCUT2D eigenvalue weighted by Crippen LogP contribution is -2.00. The number of fused-ring (bicyclic) bond motifs is 1. The van der Waals surface area contributed by atoms with Crippen molar-refractivity contribution in [1.29, 1.82) is 5.26 Å². The Morgan fingerprint density at radius 1 is 1.05 bits per heavy atom. The molecule has 0 saturated carbocycles. The second kappa shape index (κ2) is 4.18. The molecule has 5 nitrogen and oxygen atoms in total. The van der Waals surface area contributed by atoms with Gasteiger partial charge in [0.05, 0.1) is 0 Å². The first-order valence-corrected chi connectivity index (χ1v) is 5.90. The molecule has 0 aliphatic heterocycles. The number of benzene rings is 1. The van der Waals surface area contributed by atoms with E-state index in [-0.39, 0.29) is 0 Å². The first kappa shape index (κ1) is 11.4. The maximum atomic E-state index is 9.14. The molecule has 0 aliphatic carbocycles. The SMILES string of the molecule is Cc1nc(C#N)c2nc(C)n(-c3ccccc3)c2n1. The normalized spacial score (nSPS) is 10.6. The van der Waals surface area contributed by atoms with Crippen LogP contribution >= 0.6 is 0 Å². The van der Waals surface area contributed by atoms with Gasteiger partial charge >= 0.3 is 0 Å². The predicted octanol–water partition coefficient (Wildman–Crippen LogP) is 2.30. The van der Waals surface area contributed by atoms with Gasteiger partial charge in [0.25, 0.3) is 0 Å². The van der Waals surface area contributed by atoms with Crippen molar-refractivity contribution in [3.8, 4) is 11.8 Å². The Balaban J connectivity index is 2.41. The van der Waals surface area contributed by atoms with Crippen molar-refractivity contribution < 1.29 is 0 Å². The standard InChI is InChI=1S/C14H11N5/c1-9-16-12(8-15)13-14(17-9)19(10(2)18-13)11-6-4-3-5-7-11/h3-7H,1-2H3. The van der Waals surface area contributed by atoms with Crippen molar-refractivity contribution in [1.82, 2.24) is 19.5 Å². The molecule has 3 aromatic rings. The molecule has 2 aromatic heterocycles. The number of hydrogen-bond donors (Lipinski definition) is 0. The van der Waals surface area contributed by atoms with Crippen LogP contribution in [0.3, 0.4) is 0 Å². The van der Waals surface area contributed by atoms with Crippen molar-refractivity contribution >= 4 is 11.2 Å². The Bertz CT molecular complexity index is 796. The minimum atomic E-state index is 0.320. The van der Waals surface area contributed by atoms with E-state index >= 15 is 0 Å². The molecule has 1 aromatic carbocycles. The topological polar surface area (TPSA) is 67.4 Å². The van der Waals surface area contributed by atoms with Crippen molar-refractivity contribution in [2.45, 2.75) is 13.8 Å². The average molecular weight is 249 g/mol. The zero-order valence-electron chi connectivity index (χ0n) is 10.6. The highest BCUT2D eigenvalue weighted by atomic mass is 15.1. The van der Waals surface area contributed by atoms with Gasteiger partial charge in [0, 0.05) is 5.69 Å². The van der Waals surface area contributed by atoms with Crippen molar-refractivity contribution in [3.05, 3.63) is 47.7 Å². The second-order valence-corrected chi connectivity index (χ2v) is 4.23. The molecule has 0 N–H and O–H groups in total. The molecule has 0 unspecified atom stereocenters. The molecule has 0 atom stereocenters. The average Bonchev–Trinajstić information content (AvgIpc) is 2.75. The van der Waals surface area contributed by atoms with Crippen molar-refractivity contribution in [2.75, 3.05) is 0 Å². The van der Waals surface area contributed by atoms with Gasteiger partial charge in [0.2, 0.25) is 0 Å². The molecule has 92 valence electrons. The number of hydrogen-bond acceptors (Lipinski definition) is 4. The van der Waals surface area contributed by atoms with Crippen LogP contribution in [-0.2, 0) is 0 Å². The fourth-order valence-electron chi connectivity index (χ4n) is 2.14. The van der Waals surface area contributed by atoms with E-state index in [0.717, 1.165) is 11.5 Å². The molecule has 0 amide bonds. The summed E-state index contributed by atoms with van der Waals surface area (Å²) in [6.45, 7) is 3.67. The van der Waals surface area contributed by atoms with E-state index in [2.05, 4.69) is 21.0 Å². The van der Waals surface area contributed by atoms with E-state index in [9.17, 15) is 0 Å². The number of imidazole rings is 1. The highest BCUT2D eigenvalue weighted by Gasteiger charge is 2.15. The molecule has 0 spiro atoms. The number of aromatic nitrogens is 4. The van der Waals surface area contributed by atoms with E-state index in [1.807, 2.05) is 41.8 Å². The van der Waals surface area contributed by atoms with Gasteiger partial charge in [-0.25, -0.2) is 15.0 Å². The van der Waals surface area contributed by atoms with Crippen LogP contribution < -0.4 is 0 Å². The Morgan fingerprint density at radius 2 is 1.79 bits per heavy atom. The van der Waals surface area contributed by atoms with E-state index in [1.165, 1.54) is 0 Å². The quantitative estimate of drug-likeness (QED) is 0.663. The second-order valence-electron chi connectivity index (χ2n) is 4.23. The molecule has 0 saturated heterocycles. The van der Waals surface area contributed by atoms with Gasteiger partial charge in [-0.15, -0.1) is 0 Å². The van der Waals surface area contributed by atoms with Crippen LogP contribution in [0.1, 0.15) is 17.3 Å². The molecule has 19 heavy (non-hydrogen) atoms. The van der Waals surface area contributed by atoms with Crippen LogP contribution in [-0.4, -0.2) is 19.5 Å². The number of nitrogens with zero attached hydrogens (tertiary/aromatic N) is 5. The summed E-state index contributed by atoms with van der Waals surface area (Å²) < 4.78 is 1.94. The Kier molecular flexibility index (Phi) is 2.50. The third-order valence-corrected chi connectivity index (χ3v) is 2.91. The first-order chi connectivity index (χ1) is 9.20. The Labute approximate surface area is 110 Å². The molecule has 0 aliphatic rings. The van der Waals surface area contributed by atoms with E-state index < -0.39 is 0 Å². The molecule has 0 radical (unpaired) electrons. The molecule has 0 fully saturated rings. The van der Waals surface area contributed by atoms with Crippen LogP contribution in [0.15, 0.2) is 30.3 Å². The van der Waals surface area contributed by atoms with Crippen LogP contribution in [0.2, 0.25) is 0 Å². The van der Waals surface area contributed by atoms with E-state index in [1.54, 1.807) is 6.92 Å². The van der Waals surface area contributed by atoms with Gasteiger partial charge in [-0.1, -0.05) is 18.2 Å². The third-order valence-electron chi connectivity index (χ3n) is 2.91. The van der Waals surface area contributed by atoms with Crippen LogP contribution in [0, 0.1) is 25.2 Å². The lowest BCUT2D eigenvalue weighted by atomic mass is 10.3. The zero-order valence-corrected chi connectivity index (χ0v) is 10.6. The summed E-state index contributed by atoms with van der Waals surface area (Å²) in [4.78, 5) is 13.0. The molecule has 5 heteroatoms. The summed E-state index contributed by atoms with van der Waals surface area (Å²) in [6.07, 6.45) is 0. The smallest absolute Gasteiger partial charge is 0.172 e. The first-order valence-electron chi connectivity index (χ1n) is 5.90. The summed E-state index contributed by atoms with van der Waals surface area (Å²) in [7, 11) is 0. The third kappa shape index (κ3) is 1.74. The van der Waals surface area contributed by atoms with Gasteiger partial charge in [0.15, 0.2) is 11.3 Å². The lowest BCUT2D eigenvalue weighted by Gasteiger charge is -2.05. The van der Waals surface area contributed by atoms with Crippen molar-refractivity contribution in [3.63, 3.8) is 0 Å². The van der Waals surface area contributed by atoms with Gasteiger partial charge in [-0.3, -0.25) is 4.57 Å². The van der Waals surface area contributed by atoms with Crippen LogP contribution in [0.25, 0.3) is 16.9 Å². The van der Waals surface area contributed by atoms with Gasteiger partial charge in [0.1, 0.15) is 23.2 Å². The van der Waals surface area contributed by atoms with Crippen molar-refractivity contribution in [2.24, 2.45) is 0 Å². The number of para-hydroxylation sites is 1. The minimum absolute atomic E-state index is 0.320. The summed E-state index contributed by atoms with van der Waals surface area (Å²) in [5.74, 6) is 1.36. The van der Waals surface area contributed by atoms with E-state index in [4.69, 9.17) is 5.26 Å². The largest absolute Gasteiger partial charge is 0.281 e. The fourth-order valence-corrected chi connectivity index (χ4v) is 2.14. The highest BCUT2D eigenvalue weighted by molar-refractivity contribution is 5.78. The molecular formula is C14H11N5. The van der Waals surface area contributed by atoms with Crippen LogP contribution in [0.4, 0.5) is 0 Å². The number of aryl methyl sites for hydroxylation is 2. The maximum Gasteiger partial charge on any atom is 0.172 e. The summed E-state index contributed by atoms with van der Waals surface area (Å²) in [5.41, 5.74) is 2.52. The molecule has 0 bridgehead atoms.